The molecule has 1 heterocycles. The van der Waals surface area contributed by atoms with E-state index in [1.807, 2.05) is 6.92 Å². The Hall–Kier alpha value is -0.600. The molecule has 58 valence electrons. The van der Waals surface area contributed by atoms with E-state index in [0.717, 1.165) is 10.1 Å². The highest BCUT2D eigenvalue weighted by atomic mass is 32.2. The highest BCUT2D eigenvalue weighted by Gasteiger charge is 2.02. The van der Waals surface area contributed by atoms with Crippen LogP contribution in [0.2, 0.25) is 0 Å². The van der Waals surface area contributed by atoms with E-state index in [2.05, 4.69) is 15.4 Å². The van der Waals surface area contributed by atoms with Crippen LogP contribution in [0.15, 0.2) is 10.7 Å². The molecule has 1 atom stereocenters. The molecule has 11 heavy (non-hydrogen) atoms. The summed E-state index contributed by atoms with van der Waals surface area (Å²) in [6.07, 6.45) is 1.53. The van der Waals surface area contributed by atoms with Gasteiger partial charge in [-0.2, -0.15) is 9.64 Å². The predicted molar refractivity (Wildman–Crippen MR) is 45.4 cm³/mol. The van der Waals surface area contributed by atoms with Crippen molar-refractivity contribution in [3.05, 3.63) is 6.33 Å². The Morgan fingerprint density at radius 3 is 3.27 bits per heavy atom. The molecule has 0 spiro atoms. The van der Waals surface area contributed by atoms with E-state index in [4.69, 9.17) is 5.26 Å². The average molecular weight is 185 g/mol. The number of thioether (sulfide) groups is 1. The van der Waals surface area contributed by atoms with Gasteiger partial charge < -0.3 is 0 Å². The van der Waals surface area contributed by atoms with E-state index in [9.17, 15) is 0 Å². The minimum Gasteiger partial charge on any atom is -0.216 e. The van der Waals surface area contributed by atoms with Gasteiger partial charge >= 0.3 is 0 Å². The van der Waals surface area contributed by atoms with Crippen LogP contribution in [-0.4, -0.2) is 15.1 Å². The van der Waals surface area contributed by atoms with Crippen LogP contribution in [0.3, 0.4) is 0 Å². The maximum Gasteiger partial charge on any atom is 0.169 e. The number of nitrogens with zero attached hydrogens (tertiary/aromatic N) is 3. The number of nitriles is 1. The lowest BCUT2D eigenvalue weighted by molar-refractivity contribution is 0.863. The molecule has 0 N–H and O–H groups in total. The minimum absolute atomic E-state index is 0.0869. The summed E-state index contributed by atoms with van der Waals surface area (Å²) < 4.78 is 4.79. The summed E-state index contributed by atoms with van der Waals surface area (Å²) in [6, 6.07) is 2.16. The van der Waals surface area contributed by atoms with Gasteiger partial charge in [0.05, 0.1) is 12.0 Å². The summed E-state index contributed by atoms with van der Waals surface area (Å²) >= 11 is 2.95. The Bertz CT molecular complexity index is 239. The topological polar surface area (TPSA) is 49.6 Å². The quantitative estimate of drug-likeness (QED) is 0.674. The van der Waals surface area contributed by atoms with Gasteiger partial charge in [0, 0.05) is 5.75 Å². The second-order valence-electron chi connectivity index (χ2n) is 2.05. The van der Waals surface area contributed by atoms with E-state index in [1.54, 1.807) is 11.8 Å². The molecule has 0 amide bonds. The van der Waals surface area contributed by atoms with Crippen molar-refractivity contribution in [2.75, 3.05) is 5.75 Å². The lowest BCUT2D eigenvalue weighted by Gasteiger charge is -1.96. The van der Waals surface area contributed by atoms with Crippen LogP contribution in [-0.2, 0) is 0 Å². The van der Waals surface area contributed by atoms with E-state index < -0.39 is 0 Å². The summed E-state index contributed by atoms with van der Waals surface area (Å²) in [7, 11) is 0. The first kappa shape index (κ1) is 8.50. The molecule has 0 saturated carbocycles. The lowest BCUT2D eigenvalue weighted by atomic mass is 10.3. The molecule has 1 aromatic heterocycles. The minimum atomic E-state index is 0.0869. The van der Waals surface area contributed by atoms with E-state index in [0.29, 0.717) is 0 Å². The largest absolute Gasteiger partial charge is 0.216 e. The van der Waals surface area contributed by atoms with Crippen LogP contribution in [0.4, 0.5) is 0 Å². The molecular formula is C6H7N3S2. The van der Waals surface area contributed by atoms with Crippen LogP contribution in [0, 0.1) is 17.2 Å². The third kappa shape index (κ3) is 2.87. The predicted octanol–water partition coefficient (Wildman–Crippen LogP) is 1.79. The number of hydrogen-bond acceptors (Lipinski definition) is 5. The van der Waals surface area contributed by atoms with Gasteiger partial charge in [-0.05, 0) is 18.5 Å². The Kier molecular flexibility index (Phi) is 3.33. The third-order valence-corrected chi connectivity index (χ3v) is 3.08. The van der Waals surface area contributed by atoms with Gasteiger partial charge in [-0.15, -0.1) is 0 Å². The Morgan fingerprint density at radius 2 is 2.73 bits per heavy atom. The second-order valence-corrected chi connectivity index (χ2v) is 4.10. The van der Waals surface area contributed by atoms with Gasteiger partial charge in [-0.3, -0.25) is 0 Å². The van der Waals surface area contributed by atoms with Crippen molar-refractivity contribution in [1.29, 1.82) is 5.26 Å². The van der Waals surface area contributed by atoms with Crippen molar-refractivity contribution in [2.45, 2.75) is 11.3 Å². The highest BCUT2D eigenvalue weighted by molar-refractivity contribution is 8.00. The molecule has 0 aliphatic carbocycles. The van der Waals surface area contributed by atoms with Crippen LogP contribution < -0.4 is 0 Å². The summed E-state index contributed by atoms with van der Waals surface area (Å²) in [6.45, 7) is 1.90. The number of rotatable bonds is 3. The van der Waals surface area contributed by atoms with E-state index >= 15 is 0 Å². The third-order valence-electron chi connectivity index (χ3n) is 1.02. The van der Waals surface area contributed by atoms with Gasteiger partial charge in [-0.1, -0.05) is 11.8 Å². The normalized spacial score (nSPS) is 12.4. The summed E-state index contributed by atoms with van der Waals surface area (Å²) in [4.78, 5) is 3.98. The van der Waals surface area contributed by atoms with Crippen LogP contribution in [0.25, 0.3) is 0 Å². The van der Waals surface area contributed by atoms with Crippen LogP contribution >= 0.6 is 23.3 Å². The maximum absolute atomic E-state index is 8.47. The Balaban J connectivity index is 2.30. The molecule has 3 nitrogen and oxygen atoms in total. The number of aromatic nitrogens is 2. The summed E-state index contributed by atoms with van der Waals surface area (Å²) in [5.74, 6) is 0.884. The van der Waals surface area contributed by atoms with Gasteiger partial charge in [0.15, 0.2) is 4.34 Å². The second kappa shape index (κ2) is 4.31. The monoisotopic (exact) mass is 185 g/mol. The lowest BCUT2D eigenvalue weighted by Crippen LogP contribution is -1.92. The molecule has 1 rings (SSSR count). The standard InChI is InChI=1S/C6H7N3S2/c1-5(2-7)3-10-6-8-4-9-11-6/h4-5H,3H2,1H3. The van der Waals surface area contributed by atoms with Crippen molar-refractivity contribution in [1.82, 2.24) is 9.36 Å². The van der Waals surface area contributed by atoms with E-state index in [-0.39, 0.29) is 5.92 Å². The first-order chi connectivity index (χ1) is 5.33. The molecule has 0 aliphatic rings. The van der Waals surface area contributed by atoms with Crippen molar-refractivity contribution in [3.8, 4) is 6.07 Å². The SMILES string of the molecule is CC(C#N)CSc1ncns1. The molecule has 0 aromatic carbocycles. The van der Waals surface area contributed by atoms with Crippen molar-refractivity contribution < 1.29 is 0 Å². The van der Waals surface area contributed by atoms with Gasteiger partial charge in [-0.25, -0.2) is 4.98 Å². The zero-order chi connectivity index (χ0) is 8.10. The molecular weight excluding hydrogens is 178 g/mol. The number of hydrogen-bond donors (Lipinski definition) is 0. The molecule has 0 aliphatic heterocycles. The van der Waals surface area contributed by atoms with Gasteiger partial charge in [0.1, 0.15) is 6.33 Å². The van der Waals surface area contributed by atoms with Gasteiger partial charge in [0.2, 0.25) is 0 Å². The Labute approximate surface area is 73.6 Å². The zero-order valence-electron chi connectivity index (χ0n) is 6.02. The molecule has 0 saturated heterocycles. The molecule has 0 fully saturated rings. The van der Waals surface area contributed by atoms with Crippen molar-refractivity contribution >= 4 is 23.3 Å². The fourth-order valence-electron chi connectivity index (χ4n) is 0.460. The van der Waals surface area contributed by atoms with Crippen LogP contribution in [0.1, 0.15) is 6.92 Å². The molecule has 0 bridgehead atoms. The molecule has 5 heteroatoms. The maximum atomic E-state index is 8.47. The molecule has 0 radical (unpaired) electrons. The van der Waals surface area contributed by atoms with Gasteiger partial charge in [0.25, 0.3) is 0 Å². The summed E-state index contributed by atoms with van der Waals surface area (Å²) in [5.41, 5.74) is 0. The van der Waals surface area contributed by atoms with Crippen molar-refractivity contribution in [2.24, 2.45) is 5.92 Å². The first-order valence-electron chi connectivity index (χ1n) is 3.12. The highest BCUT2D eigenvalue weighted by Crippen LogP contribution is 2.20. The first-order valence-corrected chi connectivity index (χ1v) is 4.88. The Morgan fingerprint density at radius 1 is 1.91 bits per heavy atom. The van der Waals surface area contributed by atoms with Crippen molar-refractivity contribution in [3.63, 3.8) is 0 Å². The summed E-state index contributed by atoms with van der Waals surface area (Å²) in [5, 5.41) is 8.47. The fraction of sp³-hybridized carbons (Fsp3) is 0.500. The average Bonchev–Trinajstić information content (AvgIpc) is 2.52. The van der Waals surface area contributed by atoms with Crippen LogP contribution in [0.5, 0.6) is 0 Å². The molecule has 1 aromatic rings. The zero-order valence-corrected chi connectivity index (χ0v) is 7.65. The smallest absolute Gasteiger partial charge is 0.169 e. The fourth-order valence-corrected chi connectivity index (χ4v) is 1.87. The van der Waals surface area contributed by atoms with E-state index in [1.165, 1.54) is 17.9 Å². The molecule has 1 unspecified atom stereocenters.